The van der Waals surface area contributed by atoms with Crippen molar-refractivity contribution in [3.05, 3.63) is 29.8 Å². The van der Waals surface area contributed by atoms with Crippen molar-refractivity contribution in [2.45, 2.75) is 32.1 Å². The smallest absolute Gasteiger partial charge is 0.242 e. The number of hydrogen-bond donors (Lipinski definition) is 2. The summed E-state index contributed by atoms with van der Waals surface area (Å²) in [7, 11) is -3.39. The molecule has 0 spiro atoms. The van der Waals surface area contributed by atoms with E-state index in [9.17, 15) is 13.2 Å². The Kier molecular flexibility index (Phi) is 5.71. The van der Waals surface area contributed by atoms with Gasteiger partial charge in [-0.15, -0.1) is 0 Å². The summed E-state index contributed by atoms with van der Waals surface area (Å²) in [5.41, 5.74) is 1.57. The van der Waals surface area contributed by atoms with E-state index >= 15 is 0 Å². The molecule has 0 aliphatic carbocycles. The lowest BCUT2D eigenvalue weighted by atomic mass is 10.1. The number of carbonyl (C=O) groups excluding carboxylic acids is 1. The van der Waals surface area contributed by atoms with Crippen LogP contribution in [-0.4, -0.2) is 32.4 Å². The van der Waals surface area contributed by atoms with Gasteiger partial charge in [0, 0.05) is 18.0 Å². The first-order chi connectivity index (χ1) is 9.27. The Balaban J connectivity index is 2.96. The largest absolute Gasteiger partial charge is 0.325 e. The molecular formula is C14H22N2O3S. The molecule has 2 unspecified atom stereocenters. The van der Waals surface area contributed by atoms with Gasteiger partial charge in [0.1, 0.15) is 5.25 Å². The fourth-order valence-corrected chi connectivity index (χ4v) is 2.28. The van der Waals surface area contributed by atoms with Crippen LogP contribution in [0.25, 0.3) is 0 Å². The molecule has 0 heterocycles. The summed E-state index contributed by atoms with van der Waals surface area (Å²) in [6.07, 6.45) is 1.06. The maximum absolute atomic E-state index is 12.0. The average Bonchev–Trinajstić information content (AvgIpc) is 2.37. The number of sulfone groups is 1. The van der Waals surface area contributed by atoms with E-state index in [0.29, 0.717) is 5.69 Å². The highest BCUT2D eigenvalue weighted by Gasteiger charge is 2.24. The van der Waals surface area contributed by atoms with E-state index in [4.69, 9.17) is 0 Å². The fraction of sp³-hybridized carbons (Fsp3) is 0.500. The first-order valence-electron chi connectivity index (χ1n) is 6.59. The molecule has 6 heteroatoms. The third kappa shape index (κ3) is 4.31. The van der Waals surface area contributed by atoms with Gasteiger partial charge in [0.2, 0.25) is 5.91 Å². The van der Waals surface area contributed by atoms with Gasteiger partial charge in [-0.05, 0) is 32.0 Å². The fourth-order valence-electron chi connectivity index (χ4n) is 1.83. The van der Waals surface area contributed by atoms with Crippen molar-refractivity contribution in [1.29, 1.82) is 0 Å². The molecule has 0 fully saturated rings. The zero-order valence-corrected chi connectivity index (χ0v) is 13.1. The predicted molar refractivity (Wildman–Crippen MR) is 81.5 cm³/mol. The summed E-state index contributed by atoms with van der Waals surface area (Å²) < 4.78 is 22.8. The van der Waals surface area contributed by atoms with Crippen molar-refractivity contribution in [2.75, 3.05) is 18.1 Å². The summed E-state index contributed by atoms with van der Waals surface area (Å²) in [4.78, 5) is 12.0. The standard InChI is InChI=1S/C14H22N2O3S/c1-5-15-10(2)12-8-6-7-9-13(12)16-14(17)11(3)20(4,18)19/h6-11,15H,5H2,1-4H3,(H,16,17). The topological polar surface area (TPSA) is 75.3 Å². The highest BCUT2D eigenvalue weighted by molar-refractivity contribution is 7.92. The van der Waals surface area contributed by atoms with Crippen molar-refractivity contribution in [2.24, 2.45) is 0 Å². The van der Waals surface area contributed by atoms with E-state index in [2.05, 4.69) is 10.6 Å². The first kappa shape index (κ1) is 16.7. The van der Waals surface area contributed by atoms with Gasteiger partial charge in [0.05, 0.1) is 0 Å². The van der Waals surface area contributed by atoms with Crippen molar-refractivity contribution in [3.8, 4) is 0 Å². The lowest BCUT2D eigenvalue weighted by molar-refractivity contribution is -0.115. The first-order valence-corrected chi connectivity index (χ1v) is 8.54. The Morgan fingerprint density at radius 1 is 1.25 bits per heavy atom. The van der Waals surface area contributed by atoms with Gasteiger partial charge < -0.3 is 10.6 Å². The van der Waals surface area contributed by atoms with Crippen LogP contribution in [-0.2, 0) is 14.6 Å². The van der Waals surface area contributed by atoms with Crippen LogP contribution < -0.4 is 10.6 Å². The molecule has 2 N–H and O–H groups in total. The van der Waals surface area contributed by atoms with Crippen molar-refractivity contribution in [1.82, 2.24) is 5.32 Å². The lowest BCUT2D eigenvalue weighted by Crippen LogP contribution is -2.32. The minimum atomic E-state index is -3.39. The van der Waals surface area contributed by atoms with Gasteiger partial charge in [-0.1, -0.05) is 25.1 Å². The van der Waals surface area contributed by atoms with Gasteiger partial charge in [-0.3, -0.25) is 4.79 Å². The summed E-state index contributed by atoms with van der Waals surface area (Å²) in [6.45, 7) is 6.20. The van der Waals surface area contributed by atoms with Gasteiger partial charge in [-0.25, -0.2) is 8.42 Å². The Labute approximate surface area is 120 Å². The van der Waals surface area contributed by atoms with E-state index in [1.165, 1.54) is 6.92 Å². The number of rotatable bonds is 6. The normalized spacial score (nSPS) is 14.6. The second kappa shape index (κ2) is 6.85. The van der Waals surface area contributed by atoms with Crippen LogP contribution in [0.15, 0.2) is 24.3 Å². The molecule has 0 aromatic heterocycles. The predicted octanol–water partition coefficient (Wildman–Crippen LogP) is 1.73. The summed E-state index contributed by atoms with van der Waals surface area (Å²) in [5.74, 6) is -0.511. The van der Waals surface area contributed by atoms with Crippen molar-refractivity contribution >= 4 is 21.4 Å². The SMILES string of the molecule is CCNC(C)c1ccccc1NC(=O)C(C)S(C)(=O)=O. The summed E-state index contributed by atoms with van der Waals surface area (Å²) >= 11 is 0. The van der Waals surface area contributed by atoms with E-state index in [1.807, 2.05) is 32.0 Å². The maximum Gasteiger partial charge on any atom is 0.242 e. The summed E-state index contributed by atoms with van der Waals surface area (Å²) in [6, 6.07) is 7.45. The molecule has 1 aromatic rings. The molecule has 2 atom stereocenters. The van der Waals surface area contributed by atoms with Crippen LogP contribution in [0.1, 0.15) is 32.4 Å². The quantitative estimate of drug-likeness (QED) is 0.838. The van der Waals surface area contributed by atoms with Crippen LogP contribution in [0.2, 0.25) is 0 Å². The third-order valence-electron chi connectivity index (χ3n) is 3.21. The molecular weight excluding hydrogens is 276 g/mol. The molecule has 0 saturated carbocycles. The number of benzene rings is 1. The minimum Gasteiger partial charge on any atom is -0.325 e. The average molecular weight is 298 g/mol. The van der Waals surface area contributed by atoms with Crippen LogP contribution in [0.4, 0.5) is 5.69 Å². The third-order valence-corrected chi connectivity index (χ3v) is 4.71. The number of carbonyl (C=O) groups is 1. The number of nitrogens with one attached hydrogen (secondary N) is 2. The van der Waals surface area contributed by atoms with Crippen LogP contribution in [0.5, 0.6) is 0 Å². The molecule has 0 aliphatic heterocycles. The number of hydrogen-bond acceptors (Lipinski definition) is 4. The van der Waals surface area contributed by atoms with Gasteiger partial charge in [0.25, 0.3) is 0 Å². The van der Waals surface area contributed by atoms with E-state index in [-0.39, 0.29) is 6.04 Å². The maximum atomic E-state index is 12.0. The molecule has 5 nitrogen and oxygen atoms in total. The Morgan fingerprint density at radius 3 is 2.40 bits per heavy atom. The van der Waals surface area contributed by atoms with Crippen molar-refractivity contribution < 1.29 is 13.2 Å². The molecule has 0 aliphatic rings. The minimum absolute atomic E-state index is 0.0741. The van der Waals surface area contributed by atoms with E-state index < -0.39 is 21.0 Å². The molecule has 1 amide bonds. The number of para-hydroxylation sites is 1. The molecule has 0 bridgehead atoms. The molecule has 20 heavy (non-hydrogen) atoms. The highest BCUT2D eigenvalue weighted by atomic mass is 32.2. The summed E-state index contributed by atoms with van der Waals surface area (Å²) in [5, 5.41) is 4.90. The molecule has 1 rings (SSSR count). The molecule has 112 valence electrons. The zero-order chi connectivity index (χ0) is 15.3. The second-order valence-corrected chi connectivity index (χ2v) is 7.19. The van der Waals surface area contributed by atoms with E-state index in [1.54, 1.807) is 6.07 Å². The van der Waals surface area contributed by atoms with Gasteiger partial charge >= 0.3 is 0 Å². The molecule has 0 radical (unpaired) electrons. The Morgan fingerprint density at radius 2 is 1.85 bits per heavy atom. The Hall–Kier alpha value is -1.40. The van der Waals surface area contributed by atoms with Crippen molar-refractivity contribution in [3.63, 3.8) is 0 Å². The Bertz CT molecular complexity index is 570. The van der Waals surface area contributed by atoms with Crippen LogP contribution >= 0.6 is 0 Å². The van der Waals surface area contributed by atoms with Crippen LogP contribution in [0, 0.1) is 0 Å². The van der Waals surface area contributed by atoms with E-state index in [0.717, 1.165) is 18.4 Å². The number of anilines is 1. The monoisotopic (exact) mass is 298 g/mol. The zero-order valence-electron chi connectivity index (χ0n) is 12.3. The second-order valence-electron chi connectivity index (χ2n) is 4.83. The molecule has 0 saturated heterocycles. The number of amides is 1. The highest BCUT2D eigenvalue weighted by Crippen LogP contribution is 2.22. The van der Waals surface area contributed by atoms with Crippen LogP contribution in [0.3, 0.4) is 0 Å². The lowest BCUT2D eigenvalue weighted by Gasteiger charge is -2.18. The van der Waals surface area contributed by atoms with Gasteiger partial charge in [0.15, 0.2) is 9.84 Å². The van der Waals surface area contributed by atoms with Gasteiger partial charge in [-0.2, -0.15) is 0 Å². The molecule has 1 aromatic carbocycles.